The van der Waals surface area contributed by atoms with Crippen molar-refractivity contribution >= 4 is 15.9 Å². The normalized spacial score (nSPS) is 14.4. The van der Waals surface area contributed by atoms with Gasteiger partial charge in [0, 0.05) is 19.0 Å². The molecule has 0 spiro atoms. The molecule has 0 heterocycles. The van der Waals surface area contributed by atoms with Crippen LogP contribution in [0.4, 0.5) is 0 Å². The van der Waals surface area contributed by atoms with Crippen molar-refractivity contribution in [2.75, 3.05) is 13.1 Å². The zero-order valence-corrected chi connectivity index (χ0v) is 12.5. The van der Waals surface area contributed by atoms with E-state index in [1.54, 1.807) is 38.1 Å². The fourth-order valence-electron chi connectivity index (χ4n) is 1.81. The molecule has 0 radical (unpaired) electrons. The summed E-state index contributed by atoms with van der Waals surface area (Å²) >= 11 is 0. The minimum atomic E-state index is -3.42. The summed E-state index contributed by atoms with van der Waals surface area (Å²) in [6.07, 6.45) is 0. The van der Waals surface area contributed by atoms with Crippen molar-refractivity contribution < 1.29 is 13.6 Å². The van der Waals surface area contributed by atoms with Crippen molar-refractivity contribution in [1.29, 1.82) is 0 Å². The molecular weight excluding hydrogens is 278 g/mol. The third kappa shape index (κ3) is 4.50. The molecule has 20 heavy (non-hydrogen) atoms. The van der Waals surface area contributed by atoms with E-state index in [0.29, 0.717) is 6.54 Å². The number of oxime groups is 1. The molecule has 0 aliphatic carbocycles. The van der Waals surface area contributed by atoms with Crippen LogP contribution in [0.25, 0.3) is 0 Å². The minimum Gasteiger partial charge on any atom is -0.409 e. The SMILES string of the molecule is CCN(CC(C)C(N)=NO)S(=O)(=O)Cc1ccccc1. The van der Waals surface area contributed by atoms with E-state index in [2.05, 4.69) is 5.16 Å². The van der Waals surface area contributed by atoms with Crippen LogP contribution in [0, 0.1) is 5.92 Å². The second-order valence-corrected chi connectivity index (χ2v) is 6.59. The third-order valence-electron chi connectivity index (χ3n) is 3.04. The van der Waals surface area contributed by atoms with E-state index < -0.39 is 10.0 Å². The van der Waals surface area contributed by atoms with Gasteiger partial charge < -0.3 is 10.9 Å². The number of hydrogen-bond donors (Lipinski definition) is 2. The molecule has 0 saturated heterocycles. The standard InChI is InChI=1S/C13H21N3O3S/c1-3-16(9-11(2)13(14)15-17)20(18,19)10-12-7-5-4-6-8-12/h4-8,11,17H,3,9-10H2,1-2H3,(H2,14,15). The van der Waals surface area contributed by atoms with Crippen LogP contribution >= 0.6 is 0 Å². The number of nitrogens with zero attached hydrogens (tertiary/aromatic N) is 2. The first kappa shape index (κ1) is 16.5. The van der Waals surface area contributed by atoms with E-state index >= 15 is 0 Å². The summed E-state index contributed by atoms with van der Waals surface area (Å²) in [7, 11) is -3.42. The highest BCUT2D eigenvalue weighted by Gasteiger charge is 2.24. The lowest BCUT2D eigenvalue weighted by Gasteiger charge is -2.23. The molecule has 0 aliphatic heterocycles. The summed E-state index contributed by atoms with van der Waals surface area (Å²) in [5, 5.41) is 11.5. The minimum absolute atomic E-state index is 0.0263. The molecule has 3 N–H and O–H groups in total. The lowest BCUT2D eigenvalue weighted by Crippen LogP contribution is -2.39. The van der Waals surface area contributed by atoms with Gasteiger partial charge in [0.25, 0.3) is 0 Å². The molecule has 1 unspecified atom stereocenters. The van der Waals surface area contributed by atoms with Gasteiger partial charge >= 0.3 is 0 Å². The Balaban J connectivity index is 2.82. The van der Waals surface area contributed by atoms with Crippen LogP contribution in [-0.2, 0) is 15.8 Å². The number of rotatable bonds is 7. The number of sulfonamides is 1. The van der Waals surface area contributed by atoms with E-state index in [4.69, 9.17) is 10.9 Å². The number of nitrogens with two attached hydrogens (primary N) is 1. The van der Waals surface area contributed by atoms with Crippen molar-refractivity contribution in [3.8, 4) is 0 Å². The fourth-order valence-corrected chi connectivity index (χ4v) is 3.45. The molecule has 0 aliphatic rings. The molecule has 1 rings (SSSR count). The average molecular weight is 299 g/mol. The van der Waals surface area contributed by atoms with E-state index in [1.165, 1.54) is 4.31 Å². The van der Waals surface area contributed by atoms with Crippen LogP contribution in [0.3, 0.4) is 0 Å². The summed E-state index contributed by atoms with van der Waals surface area (Å²) < 4.78 is 26.1. The summed E-state index contributed by atoms with van der Waals surface area (Å²) in [5.74, 6) is -0.367. The summed E-state index contributed by atoms with van der Waals surface area (Å²) in [4.78, 5) is 0. The molecule has 0 fully saturated rings. The Labute approximate surface area is 119 Å². The molecule has 0 saturated carbocycles. The molecule has 6 nitrogen and oxygen atoms in total. The van der Waals surface area contributed by atoms with E-state index in [0.717, 1.165) is 5.56 Å². The molecule has 1 atom stereocenters. The maximum atomic E-state index is 12.4. The van der Waals surface area contributed by atoms with Gasteiger partial charge in [-0.3, -0.25) is 0 Å². The second kappa shape index (κ2) is 7.25. The van der Waals surface area contributed by atoms with Crippen LogP contribution < -0.4 is 5.73 Å². The van der Waals surface area contributed by atoms with Gasteiger partial charge in [-0.05, 0) is 5.56 Å². The maximum Gasteiger partial charge on any atom is 0.218 e. The predicted octanol–water partition coefficient (Wildman–Crippen LogP) is 1.22. The number of benzene rings is 1. The topological polar surface area (TPSA) is 96.0 Å². The van der Waals surface area contributed by atoms with Crippen molar-refractivity contribution in [1.82, 2.24) is 4.31 Å². The van der Waals surface area contributed by atoms with Crippen LogP contribution in [0.5, 0.6) is 0 Å². The molecule has 0 bridgehead atoms. The van der Waals surface area contributed by atoms with Crippen molar-refractivity contribution in [2.24, 2.45) is 16.8 Å². The first-order valence-corrected chi connectivity index (χ1v) is 8.00. The summed E-state index contributed by atoms with van der Waals surface area (Å²) in [5.41, 5.74) is 6.23. The van der Waals surface area contributed by atoms with Crippen LogP contribution in [0.2, 0.25) is 0 Å². The zero-order valence-electron chi connectivity index (χ0n) is 11.7. The lowest BCUT2D eigenvalue weighted by atomic mass is 10.1. The Bertz CT molecular complexity index is 543. The second-order valence-electron chi connectivity index (χ2n) is 4.62. The summed E-state index contributed by atoms with van der Waals surface area (Å²) in [6.45, 7) is 4.02. The quantitative estimate of drug-likeness (QED) is 0.342. The number of amidine groups is 1. The third-order valence-corrected chi connectivity index (χ3v) is 4.93. The van der Waals surface area contributed by atoms with Gasteiger partial charge in [0.15, 0.2) is 0 Å². The van der Waals surface area contributed by atoms with E-state index in [1.807, 2.05) is 6.07 Å². The maximum absolute atomic E-state index is 12.4. The van der Waals surface area contributed by atoms with Gasteiger partial charge in [-0.25, -0.2) is 12.7 Å². The Hall–Kier alpha value is -1.60. The molecule has 1 aromatic rings. The van der Waals surface area contributed by atoms with Crippen molar-refractivity contribution in [3.63, 3.8) is 0 Å². The van der Waals surface area contributed by atoms with Gasteiger partial charge in [0.05, 0.1) is 5.75 Å². The van der Waals surface area contributed by atoms with Gasteiger partial charge in [-0.2, -0.15) is 0 Å². The Morgan fingerprint density at radius 3 is 2.50 bits per heavy atom. The van der Waals surface area contributed by atoms with Crippen LogP contribution in [0.15, 0.2) is 35.5 Å². The lowest BCUT2D eigenvalue weighted by molar-refractivity contribution is 0.311. The highest BCUT2D eigenvalue weighted by Crippen LogP contribution is 2.12. The number of hydrogen-bond acceptors (Lipinski definition) is 4. The van der Waals surface area contributed by atoms with Crippen LogP contribution in [-0.4, -0.2) is 36.9 Å². The first-order valence-electron chi connectivity index (χ1n) is 6.39. The highest BCUT2D eigenvalue weighted by atomic mass is 32.2. The molecule has 1 aromatic carbocycles. The molecule has 0 amide bonds. The predicted molar refractivity (Wildman–Crippen MR) is 78.9 cm³/mol. The molecule has 7 heteroatoms. The largest absolute Gasteiger partial charge is 0.409 e. The van der Waals surface area contributed by atoms with Gasteiger partial charge in [0.1, 0.15) is 5.84 Å². The first-order chi connectivity index (χ1) is 9.40. The Morgan fingerprint density at radius 1 is 1.40 bits per heavy atom. The van der Waals surface area contributed by atoms with Gasteiger partial charge in [0.2, 0.25) is 10.0 Å². The highest BCUT2D eigenvalue weighted by molar-refractivity contribution is 7.88. The molecule has 112 valence electrons. The van der Waals surface area contributed by atoms with Crippen molar-refractivity contribution in [2.45, 2.75) is 19.6 Å². The average Bonchev–Trinajstić information content (AvgIpc) is 2.43. The Kier molecular flexibility index (Phi) is 5.97. The van der Waals surface area contributed by atoms with E-state index in [9.17, 15) is 8.42 Å². The molecule has 0 aromatic heterocycles. The Morgan fingerprint density at radius 2 is 2.00 bits per heavy atom. The van der Waals surface area contributed by atoms with Gasteiger partial charge in [-0.15, -0.1) is 0 Å². The van der Waals surface area contributed by atoms with Crippen molar-refractivity contribution in [3.05, 3.63) is 35.9 Å². The van der Waals surface area contributed by atoms with Gasteiger partial charge in [-0.1, -0.05) is 49.3 Å². The molecular formula is C13H21N3O3S. The smallest absolute Gasteiger partial charge is 0.218 e. The monoisotopic (exact) mass is 299 g/mol. The van der Waals surface area contributed by atoms with Crippen LogP contribution in [0.1, 0.15) is 19.4 Å². The summed E-state index contributed by atoms with van der Waals surface area (Å²) in [6, 6.07) is 9.01. The zero-order chi connectivity index (χ0) is 15.2. The van der Waals surface area contributed by atoms with E-state index in [-0.39, 0.29) is 24.1 Å². The fraction of sp³-hybridized carbons (Fsp3) is 0.462.